The first kappa shape index (κ1) is 23.4. The Kier molecular flexibility index (Phi) is 6.50. The predicted octanol–water partition coefficient (Wildman–Crippen LogP) is 4.83. The fraction of sp³-hybridized carbons (Fsp3) is 0.429. The van der Waals surface area contributed by atoms with Crippen LogP contribution in [0.3, 0.4) is 0 Å². The fourth-order valence-electron chi connectivity index (χ4n) is 5.30. The topological polar surface area (TPSA) is 44.6 Å². The monoisotopic (exact) mass is 475 g/mol. The van der Waals surface area contributed by atoms with Crippen molar-refractivity contribution in [3.8, 4) is 5.69 Å². The van der Waals surface area contributed by atoms with Gasteiger partial charge in [-0.05, 0) is 75.1 Å². The second-order valence-electron chi connectivity index (χ2n) is 9.92. The summed E-state index contributed by atoms with van der Waals surface area (Å²) in [4.78, 5) is 24.6. The van der Waals surface area contributed by atoms with Crippen LogP contribution in [0.4, 0.5) is 15.9 Å². The van der Waals surface area contributed by atoms with Crippen LogP contribution in [0, 0.1) is 25.6 Å². The molecule has 184 valence electrons. The van der Waals surface area contributed by atoms with Gasteiger partial charge in [0.15, 0.2) is 0 Å². The first-order valence-electron chi connectivity index (χ1n) is 12.6. The smallest absolute Gasteiger partial charge is 0.255 e. The summed E-state index contributed by atoms with van der Waals surface area (Å²) in [6.07, 6.45) is 4.34. The van der Waals surface area contributed by atoms with Crippen LogP contribution in [0.15, 0.2) is 48.7 Å². The number of piperidine rings is 1. The van der Waals surface area contributed by atoms with E-state index in [0.29, 0.717) is 13.1 Å². The van der Waals surface area contributed by atoms with E-state index < -0.39 is 0 Å². The lowest BCUT2D eigenvalue weighted by molar-refractivity contribution is 0.0746. The Hall–Kier alpha value is -3.35. The molecule has 4 heterocycles. The quantitative estimate of drug-likeness (QED) is 0.542. The van der Waals surface area contributed by atoms with Crippen molar-refractivity contribution >= 4 is 17.4 Å². The Bertz CT molecular complexity index is 1170. The minimum Gasteiger partial charge on any atom is -0.368 e. The fourth-order valence-corrected chi connectivity index (χ4v) is 5.30. The summed E-state index contributed by atoms with van der Waals surface area (Å²) in [7, 11) is 0. The van der Waals surface area contributed by atoms with Crippen molar-refractivity contribution in [3.05, 3.63) is 71.4 Å². The number of benzene rings is 1. The van der Waals surface area contributed by atoms with Crippen molar-refractivity contribution in [2.75, 3.05) is 49.1 Å². The number of piperazine rings is 1. The van der Waals surface area contributed by atoms with E-state index >= 15 is 0 Å². The lowest BCUT2D eigenvalue weighted by Crippen LogP contribution is -2.48. The number of aromatic nitrogens is 2. The molecule has 0 N–H and O–H groups in total. The molecule has 35 heavy (non-hydrogen) atoms. The normalized spacial score (nSPS) is 17.2. The summed E-state index contributed by atoms with van der Waals surface area (Å²) >= 11 is 0. The largest absolute Gasteiger partial charge is 0.368 e. The van der Waals surface area contributed by atoms with E-state index in [0.717, 1.165) is 66.2 Å². The van der Waals surface area contributed by atoms with Gasteiger partial charge in [-0.3, -0.25) is 4.79 Å². The van der Waals surface area contributed by atoms with Crippen LogP contribution in [-0.4, -0.2) is 59.6 Å². The van der Waals surface area contributed by atoms with Crippen LogP contribution in [0.2, 0.25) is 0 Å². The first-order valence-corrected chi connectivity index (χ1v) is 12.6. The molecule has 2 fully saturated rings. The van der Waals surface area contributed by atoms with Crippen LogP contribution in [0.1, 0.15) is 41.5 Å². The molecular weight excluding hydrogens is 441 g/mol. The number of halogens is 1. The first-order chi connectivity index (χ1) is 16.9. The predicted molar refractivity (Wildman–Crippen MR) is 138 cm³/mol. The molecule has 3 aromatic rings. The van der Waals surface area contributed by atoms with Crippen LogP contribution in [-0.2, 0) is 0 Å². The van der Waals surface area contributed by atoms with Gasteiger partial charge in [-0.2, -0.15) is 0 Å². The minimum atomic E-state index is -0.233. The van der Waals surface area contributed by atoms with Crippen molar-refractivity contribution in [3.63, 3.8) is 0 Å². The number of anilines is 2. The third kappa shape index (κ3) is 4.77. The summed E-state index contributed by atoms with van der Waals surface area (Å²) < 4.78 is 15.4. The zero-order chi connectivity index (χ0) is 24.5. The minimum absolute atomic E-state index is 0.0649. The molecule has 5 rings (SSSR count). The molecule has 0 aliphatic carbocycles. The average Bonchev–Trinajstić information content (AvgIpc) is 3.18. The van der Waals surface area contributed by atoms with Crippen molar-refractivity contribution < 1.29 is 9.18 Å². The van der Waals surface area contributed by atoms with Gasteiger partial charge in [0.25, 0.3) is 5.91 Å². The summed E-state index contributed by atoms with van der Waals surface area (Å²) in [5.74, 6) is 1.65. The van der Waals surface area contributed by atoms with Crippen LogP contribution < -0.4 is 9.80 Å². The van der Waals surface area contributed by atoms with E-state index in [2.05, 4.69) is 33.4 Å². The van der Waals surface area contributed by atoms with Crippen LogP contribution in [0.25, 0.3) is 5.69 Å². The molecule has 1 amide bonds. The van der Waals surface area contributed by atoms with Gasteiger partial charge >= 0.3 is 0 Å². The van der Waals surface area contributed by atoms with Gasteiger partial charge in [0.1, 0.15) is 11.6 Å². The van der Waals surface area contributed by atoms with Gasteiger partial charge in [-0.15, -0.1) is 0 Å². The summed E-state index contributed by atoms with van der Waals surface area (Å²) in [5.41, 5.74) is 4.68. The molecule has 1 aromatic carbocycles. The molecular formula is C28H34FN5O. The maximum Gasteiger partial charge on any atom is 0.255 e. The Morgan fingerprint density at radius 2 is 1.54 bits per heavy atom. The molecule has 7 heteroatoms. The number of amides is 1. The number of carbonyl (C=O) groups is 1. The summed E-state index contributed by atoms with van der Waals surface area (Å²) in [6.45, 7) is 11.2. The van der Waals surface area contributed by atoms with E-state index in [-0.39, 0.29) is 11.7 Å². The molecule has 0 unspecified atom stereocenters. The molecule has 6 nitrogen and oxygen atoms in total. The number of pyridine rings is 1. The molecule has 2 saturated heterocycles. The molecule has 0 radical (unpaired) electrons. The molecule has 2 aliphatic rings. The molecule has 0 atom stereocenters. The Balaban J connectivity index is 1.28. The van der Waals surface area contributed by atoms with Gasteiger partial charge in [0.2, 0.25) is 0 Å². The number of hydrogen-bond donors (Lipinski definition) is 0. The maximum atomic E-state index is 13.4. The van der Waals surface area contributed by atoms with E-state index in [1.165, 1.54) is 25.0 Å². The van der Waals surface area contributed by atoms with Crippen molar-refractivity contribution in [1.29, 1.82) is 0 Å². The third-order valence-electron chi connectivity index (χ3n) is 7.52. The highest BCUT2D eigenvalue weighted by Gasteiger charge is 2.26. The molecule has 2 aliphatic heterocycles. The second-order valence-corrected chi connectivity index (χ2v) is 9.92. The highest BCUT2D eigenvalue weighted by atomic mass is 19.1. The van der Waals surface area contributed by atoms with Crippen LogP contribution in [0.5, 0.6) is 0 Å². The van der Waals surface area contributed by atoms with Gasteiger partial charge < -0.3 is 19.3 Å². The number of nitrogens with zero attached hydrogens (tertiary/aromatic N) is 5. The Labute approximate surface area is 207 Å². The number of aryl methyl sites for hydroxylation is 1. The second kappa shape index (κ2) is 9.72. The summed E-state index contributed by atoms with van der Waals surface area (Å²) in [6, 6.07) is 12.8. The van der Waals surface area contributed by atoms with Gasteiger partial charge in [-0.1, -0.05) is 6.92 Å². The average molecular weight is 476 g/mol. The highest BCUT2D eigenvalue weighted by molar-refractivity contribution is 5.96. The lowest BCUT2D eigenvalue weighted by atomic mass is 9.99. The highest BCUT2D eigenvalue weighted by Crippen LogP contribution is 2.26. The zero-order valence-electron chi connectivity index (χ0n) is 20.9. The number of carbonyl (C=O) groups excluding carboxylic acids is 1. The van der Waals surface area contributed by atoms with Gasteiger partial charge in [0, 0.05) is 56.3 Å². The molecule has 0 bridgehead atoms. The third-order valence-corrected chi connectivity index (χ3v) is 7.52. The van der Waals surface area contributed by atoms with Crippen molar-refractivity contribution in [2.45, 2.75) is 33.6 Å². The SMILES string of the molecule is Cc1cc(C(=O)N2CCN(c3ccc(F)cc3)CC2)c(C)n1-c1ccc(N2CCC(C)CC2)nc1. The molecule has 0 spiro atoms. The van der Waals surface area contributed by atoms with Gasteiger partial charge in [0.05, 0.1) is 17.4 Å². The Morgan fingerprint density at radius 3 is 2.17 bits per heavy atom. The van der Waals surface area contributed by atoms with Gasteiger partial charge in [-0.25, -0.2) is 9.37 Å². The zero-order valence-corrected chi connectivity index (χ0v) is 20.9. The van der Waals surface area contributed by atoms with Crippen molar-refractivity contribution in [2.24, 2.45) is 5.92 Å². The molecule has 2 aromatic heterocycles. The van der Waals surface area contributed by atoms with Crippen LogP contribution >= 0.6 is 0 Å². The van der Waals surface area contributed by atoms with E-state index in [1.807, 2.05) is 31.0 Å². The maximum absolute atomic E-state index is 13.4. The lowest BCUT2D eigenvalue weighted by Gasteiger charge is -2.36. The van der Waals surface area contributed by atoms with Crippen molar-refractivity contribution in [1.82, 2.24) is 14.5 Å². The molecule has 0 saturated carbocycles. The number of hydrogen-bond acceptors (Lipinski definition) is 4. The van der Waals surface area contributed by atoms with E-state index in [4.69, 9.17) is 4.98 Å². The Morgan fingerprint density at radius 1 is 0.886 bits per heavy atom. The van der Waals surface area contributed by atoms with E-state index in [9.17, 15) is 9.18 Å². The standard InChI is InChI=1S/C28H34FN5O/c1-20-10-12-32(13-11-20)27-9-8-25(19-30-27)34-21(2)18-26(22(34)3)28(35)33-16-14-31(15-17-33)24-6-4-23(29)5-7-24/h4-9,18-20H,10-17H2,1-3H3. The number of rotatable bonds is 4. The van der Waals surface area contributed by atoms with E-state index in [1.54, 1.807) is 12.1 Å². The summed E-state index contributed by atoms with van der Waals surface area (Å²) in [5, 5.41) is 0.